The zero-order chi connectivity index (χ0) is 18.4. The Morgan fingerprint density at radius 3 is 2.92 bits per heavy atom. The number of likely N-dealkylation sites (N-methyl/N-ethyl adjacent to an activating group) is 1. The van der Waals surface area contributed by atoms with Crippen molar-refractivity contribution in [2.75, 3.05) is 40.3 Å². The van der Waals surface area contributed by atoms with E-state index < -0.39 is 11.9 Å². The van der Waals surface area contributed by atoms with E-state index in [0.717, 1.165) is 12.1 Å². The van der Waals surface area contributed by atoms with E-state index in [1.165, 1.54) is 12.1 Å². The molecule has 1 aliphatic rings. The first-order chi connectivity index (χ1) is 11.9. The molecule has 1 aromatic rings. The number of benzene rings is 1. The Morgan fingerprint density at radius 2 is 2.24 bits per heavy atom. The molecule has 0 radical (unpaired) electrons. The van der Waals surface area contributed by atoms with Crippen molar-refractivity contribution in [2.24, 2.45) is 0 Å². The van der Waals surface area contributed by atoms with E-state index in [0.29, 0.717) is 26.2 Å². The second-order valence-corrected chi connectivity index (χ2v) is 6.79. The minimum atomic E-state index is -0.563. The van der Waals surface area contributed by atoms with Crippen molar-refractivity contribution in [1.29, 1.82) is 0 Å². The molecule has 1 aromatic carbocycles. The van der Waals surface area contributed by atoms with E-state index in [2.05, 4.69) is 10.6 Å². The van der Waals surface area contributed by atoms with Gasteiger partial charge in [0.15, 0.2) is 0 Å². The molecular formula is C17H24ClFN4O2. The van der Waals surface area contributed by atoms with Gasteiger partial charge in [-0.25, -0.2) is 4.39 Å². The van der Waals surface area contributed by atoms with Gasteiger partial charge in [0.25, 0.3) is 0 Å². The van der Waals surface area contributed by atoms with Crippen LogP contribution in [0.2, 0.25) is 5.02 Å². The van der Waals surface area contributed by atoms with E-state index in [9.17, 15) is 14.0 Å². The third-order valence-electron chi connectivity index (χ3n) is 4.07. The van der Waals surface area contributed by atoms with Gasteiger partial charge in [-0.3, -0.25) is 14.5 Å². The average molecular weight is 371 g/mol. The van der Waals surface area contributed by atoms with Gasteiger partial charge < -0.3 is 15.5 Å². The molecule has 0 saturated carbocycles. The van der Waals surface area contributed by atoms with Crippen molar-refractivity contribution in [1.82, 2.24) is 20.4 Å². The van der Waals surface area contributed by atoms with Gasteiger partial charge in [-0.1, -0.05) is 17.7 Å². The lowest BCUT2D eigenvalue weighted by atomic mass is 10.1. The van der Waals surface area contributed by atoms with E-state index in [4.69, 9.17) is 11.6 Å². The summed E-state index contributed by atoms with van der Waals surface area (Å²) in [6, 6.07) is 4.03. The summed E-state index contributed by atoms with van der Waals surface area (Å²) in [5, 5.41) is 5.67. The number of carbonyl (C=O) groups is 2. The number of amides is 2. The lowest BCUT2D eigenvalue weighted by Crippen LogP contribution is -2.56. The van der Waals surface area contributed by atoms with Crippen LogP contribution in [0.5, 0.6) is 0 Å². The van der Waals surface area contributed by atoms with Crippen LogP contribution in [0.4, 0.5) is 4.39 Å². The van der Waals surface area contributed by atoms with Gasteiger partial charge in [-0.2, -0.15) is 0 Å². The summed E-state index contributed by atoms with van der Waals surface area (Å²) in [5.74, 6) is -0.835. The highest BCUT2D eigenvalue weighted by Gasteiger charge is 2.31. The SMILES string of the molecule is CN(C)CCNC(=O)C[C@H]1C(=O)NCCN1Cc1ccc(Cl)c(F)c1. The molecule has 25 heavy (non-hydrogen) atoms. The number of halogens is 2. The van der Waals surface area contributed by atoms with Crippen molar-refractivity contribution in [3.8, 4) is 0 Å². The van der Waals surface area contributed by atoms with E-state index >= 15 is 0 Å². The minimum Gasteiger partial charge on any atom is -0.355 e. The largest absolute Gasteiger partial charge is 0.355 e. The minimum absolute atomic E-state index is 0.0666. The molecule has 1 fully saturated rings. The lowest BCUT2D eigenvalue weighted by Gasteiger charge is -2.34. The molecule has 2 N–H and O–H groups in total. The molecule has 8 heteroatoms. The van der Waals surface area contributed by atoms with Crippen molar-refractivity contribution >= 4 is 23.4 Å². The maximum atomic E-state index is 13.6. The molecule has 0 aliphatic carbocycles. The summed E-state index contributed by atoms with van der Waals surface area (Å²) in [6.45, 7) is 2.76. The van der Waals surface area contributed by atoms with Crippen LogP contribution in [0.25, 0.3) is 0 Å². The monoisotopic (exact) mass is 370 g/mol. The molecule has 0 spiro atoms. The smallest absolute Gasteiger partial charge is 0.237 e. The lowest BCUT2D eigenvalue weighted by molar-refractivity contribution is -0.134. The van der Waals surface area contributed by atoms with Gasteiger partial charge in [0, 0.05) is 32.7 Å². The van der Waals surface area contributed by atoms with Crippen LogP contribution in [0.15, 0.2) is 18.2 Å². The Hall–Kier alpha value is -1.70. The predicted molar refractivity (Wildman–Crippen MR) is 94.8 cm³/mol. The van der Waals surface area contributed by atoms with Gasteiger partial charge >= 0.3 is 0 Å². The summed E-state index contributed by atoms with van der Waals surface area (Å²) in [4.78, 5) is 28.2. The average Bonchev–Trinajstić information content (AvgIpc) is 2.54. The van der Waals surface area contributed by atoms with E-state index in [1.807, 2.05) is 23.9 Å². The van der Waals surface area contributed by atoms with Gasteiger partial charge in [-0.15, -0.1) is 0 Å². The molecule has 138 valence electrons. The molecule has 0 unspecified atom stereocenters. The molecule has 2 rings (SSSR count). The summed E-state index contributed by atoms with van der Waals surface area (Å²) in [5.41, 5.74) is 0.717. The zero-order valence-corrected chi connectivity index (χ0v) is 15.3. The first kappa shape index (κ1) is 19.6. The third-order valence-corrected chi connectivity index (χ3v) is 4.38. The van der Waals surface area contributed by atoms with Crippen LogP contribution in [0.3, 0.4) is 0 Å². The number of nitrogens with one attached hydrogen (secondary N) is 2. The second-order valence-electron chi connectivity index (χ2n) is 6.38. The Bertz CT molecular complexity index is 627. The normalized spacial score (nSPS) is 18.3. The molecule has 2 amide bonds. The van der Waals surface area contributed by atoms with Gasteiger partial charge in [0.2, 0.25) is 11.8 Å². The number of rotatable bonds is 7. The molecule has 1 saturated heterocycles. The summed E-state index contributed by atoms with van der Waals surface area (Å²) in [6.07, 6.45) is 0.0787. The number of nitrogens with zero attached hydrogens (tertiary/aromatic N) is 2. The number of hydrogen-bond donors (Lipinski definition) is 2. The van der Waals surface area contributed by atoms with Crippen LogP contribution in [-0.4, -0.2) is 67.9 Å². The maximum absolute atomic E-state index is 13.6. The highest BCUT2D eigenvalue weighted by atomic mass is 35.5. The Kier molecular flexibility index (Phi) is 7.16. The van der Waals surface area contributed by atoms with Gasteiger partial charge in [0.1, 0.15) is 5.82 Å². The highest BCUT2D eigenvalue weighted by molar-refractivity contribution is 6.30. The van der Waals surface area contributed by atoms with Crippen LogP contribution >= 0.6 is 11.6 Å². The molecule has 1 atom stereocenters. The highest BCUT2D eigenvalue weighted by Crippen LogP contribution is 2.19. The Balaban J connectivity index is 1.98. The molecule has 1 heterocycles. The summed E-state index contributed by atoms with van der Waals surface area (Å²) in [7, 11) is 3.85. The van der Waals surface area contributed by atoms with Crippen LogP contribution in [0.1, 0.15) is 12.0 Å². The first-order valence-electron chi connectivity index (χ1n) is 8.24. The molecular weight excluding hydrogens is 347 g/mol. The summed E-state index contributed by atoms with van der Waals surface area (Å²) >= 11 is 5.71. The quantitative estimate of drug-likeness (QED) is 0.747. The molecule has 0 bridgehead atoms. The topological polar surface area (TPSA) is 64.7 Å². The Labute approximate surface area is 152 Å². The van der Waals surface area contributed by atoms with Crippen molar-refractivity contribution < 1.29 is 14.0 Å². The van der Waals surface area contributed by atoms with E-state index in [-0.39, 0.29) is 23.3 Å². The number of piperazine rings is 1. The van der Waals surface area contributed by atoms with Gasteiger partial charge in [-0.05, 0) is 31.8 Å². The third kappa shape index (κ3) is 5.95. The maximum Gasteiger partial charge on any atom is 0.237 e. The van der Waals surface area contributed by atoms with Crippen LogP contribution in [0, 0.1) is 5.82 Å². The Morgan fingerprint density at radius 1 is 1.48 bits per heavy atom. The first-order valence-corrected chi connectivity index (χ1v) is 8.61. The van der Waals surface area contributed by atoms with Crippen molar-refractivity contribution in [3.63, 3.8) is 0 Å². The van der Waals surface area contributed by atoms with Crippen molar-refractivity contribution in [3.05, 3.63) is 34.6 Å². The summed E-state index contributed by atoms with van der Waals surface area (Å²) < 4.78 is 13.6. The second kappa shape index (κ2) is 9.12. The zero-order valence-electron chi connectivity index (χ0n) is 14.5. The molecule has 0 aromatic heterocycles. The van der Waals surface area contributed by atoms with E-state index in [1.54, 1.807) is 6.07 Å². The van der Waals surface area contributed by atoms with Gasteiger partial charge in [0.05, 0.1) is 17.5 Å². The van der Waals surface area contributed by atoms with Crippen molar-refractivity contribution in [2.45, 2.75) is 19.0 Å². The predicted octanol–water partition coefficient (Wildman–Crippen LogP) is 0.847. The molecule has 1 aliphatic heterocycles. The van der Waals surface area contributed by atoms with Crippen LogP contribution < -0.4 is 10.6 Å². The van der Waals surface area contributed by atoms with Crippen LogP contribution in [-0.2, 0) is 16.1 Å². The fourth-order valence-electron chi connectivity index (χ4n) is 2.71. The number of carbonyl (C=O) groups excluding carboxylic acids is 2. The fraction of sp³-hybridized carbons (Fsp3) is 0.529. The number of hydrogen-bond acceptors (Lipinski definition) is 4. The molecule has 6 nitrogen and oxygen atoms in total. The standard InChI is InChI=1S/C17H24ClFN4O2/c1-22(2)7-5-20-16(24)10-15-17(25)21-6-8-23(15)11-12-3-4-13(18)14(19)9-12/h3-4,9,15H,5-8,10-11H2,1-2H3,(H,20,24)(H,21,25)/t15-/m0/s1. The fourth-order valence-corrected chi connectivity index (χ4v) is 2.83.